The van der Waals surface area contributed by atoms with E-state index in [1.165, 1.54) is 12.1 Å². The summed E-state index contributed by atoms with van der Waals surface area (Å²) in [5, 5.41) is 24.0. The minimum Gasteiger partial charge on any atom is -0.871 e. The van der Waals surface area contributed by atoms with Crippen LogP contribution in [0.2, 0.25) is 0 Å². The molecule has 0 bridgehead atoms. The third-order valence-electron chi connectivity index (χ3n) is 3.19. The van der Waals surface area contributed by atoms with Crippen molar-refractivity contribution in [2.45, 2.75) is 0 Å². The van der Waals surface area contributed by atoms with Gasteiger partial charge in [0.15, 0.2) is 0 Å². The van der Waals surface area contributed by atoms with Gasteiger partial charge >= 0.3 is 45.5 Å². The molecule has 2 aromatic carbocycles. The minimum atomic E-state index is -0.0110. The maximum atomic E-state index is 11.1. The van der Waals surface area contributed by atoms with Gasteiger partial charge in [0.25, 0.3) is 0 Å². The van der Waals surface area contributed by atoms with Crippen LogP contribution in [0, 0.1) is 0 Å². The summed E-state index contributed by atoms with van der Waals surface area (Å²) >= 11 is 0. The van der Waals surface area contributed by atoms with Gasteiger partial charge in [-0.1, -0.05) is 60.0 Å². The Labute approximate surface area is 170 Å². The van der Waals surface area contributed by atoms with Crippen LogP contribution < -0.4 is 10.2 Å². The molecule has 0 aliphatic heterocycles. The first kappa shape index (κ1) is 17.7. The molecule has 4 nitrogen and oxygen atoms in total. The third kappa shape index (κ3) is 4.20. The van der Waals surface area contributed by atoms with Crippen LogP contribution in [0.4, 0.5) is 0 Å². The maximum absolute atomic E-state index is 11.1. The largest absolute Gasteiger partial charge is 2.00 e. The molecule has 2 heterocycles. The predicted molar refractivity (Wildman–Crippen MR) is 88.1 cm³/mol. The van der Waals surface area contributed by atoms with Gasteiger partial charge in [-0.15, -0.1) is 0 Å². The number of hydrogen-bond donors (Lipinski definition) is 0. The van der Waals surface area contributed by atoms with Crippen molar-refractivity contribution in [1.82, 2.24) is 9.97 Å². The van der Waals surface area contributed by atoms with Gasteiger partial charge in [0, 0.05) is 12.4 Å². The monoisotopic (exact) mass is 376 g/mol. The first-order chi connectivity index (χ1) is 10.8. The molecule has 0 fully saturated rings. The van der Waals surface area contributed by atoms with Crippen LogP contribution in [0.1, 0.15) is 0 Å². The van der Waals surface area contributed by atoms with E-state index in [0.717, 1.165) is 10.8 Å². The van der Waals surface area contributed by atoms with Crippen LogP contribution in [-0.4, -0.2) is 55.4 Å². The zero-order valence-corrected chi connectivity index (χ0v) is 15.8. The first-order valence-electron chi connectivity index (χ1n) is 6.77. The summed E-state index contributed by atoms with van der Waals surface area (Å²) in [6.45, 7) is 0. The zero-order chi connectivity index (χ0) is 15.4. The predicted octanol–water partition coefficient (Wildman–Crippen LogP) is 2.24. The Kier molecular flexibility index (Phi) is 6.36. The van der Waals surface area contributed by atoms with Gasteiger partial charge in [-0.05, 0) is 22.9 Å². The molecule has 23 heavy (non-hydrogen) atoms. The molecule has 0 saturated heterocycles. The molecule has 2 aromatic heterocycles. The molecule has 108 valence electrons. The van der Waals surface area contributed by atoms with Crippen molar-refractivity contribution in [2.75, 3.05) is 0 Å². The Bertz CT molecular complexity index is 841. The summed E-state index contributed by atoms with van der Waals surface area (Å²) in [5.74, 6) is -0.0220. The van der Waals surface area contributed by atoms with Gasteiger partial charge in [0.2, 0.25) is 0 Å². The molecule has 0 amide bonds. The van der Waals surface area contributed by atoms with Crippen molar-refractivity contribution >= 4 is 67.3 Å². The van der Waals surface area contributed by atoms with Crippen LogP contribution in [0.5, 0.6) is 11.5 Å². The molecular weight excluding hydrogens is 364 g/mol. The topological polar surface area (TPSA) is 71.9 Å². The van der Waals surface area contributed by atoms with E-state index in [-0.39, 0.29) is 57.0 Å². The molecule has 0 atom stereocenters. The van der Waals surface area contributed by atoms with Crippen LogP contribution in [0.3, 0.4) is 0 Å². The molecule has 0 aliphatic carbocycles. The number of benzene rings is 2. The summed E-state index contributed by atoms with van der Waals surface area (Å²) < 4.78 is 0. The van der Waals surface area contributed by atoms with Gasteiger partial charge in [-0.2, -0.15) is 0 Å². The molecule has 4 rings (SSSR count). The summed E-state index contributed by atoms with van der Waals surface area (Å²) in [5.41, 5.74) is 1.10. The van der Waals surface area contributed by atoms with Crippen molar-refractivity contribution in [3.8, 4) is 11.5 Å². The van der Waals surface area contributed by atoms with E-state index in [1.807, 2.05) is 36.4 Å². The fourth-order valence-corrected chi connectivity index (χ4v) is 2.15. The number of para-hydroxylation sites is 2. The average molecular weight is 376 g/mol. The Morgan fingerprint density at radius 2 is 0.957 bits per heavy atom. The van der Waals surface area contributed by atoms with E-state index in [4.69, 9.17) is 0 Å². The van der Waals surface area contributed by atoms with E-state index in [1.54, 1.807) is 24.5 Å². The van der Waals surface area contributed by atoms with E-state index in [2.05, 4.69) is 9.97 Å². The second-order valence-electron chi connectivity index (χ2n) is 4.66. The van der Waals surface area contributed by atoms with Gasteiger partial charge in [0.1, 0.15) is 0 Å². The Morgan fingerprint density at radius 3 is 1.35 bits per heavy atom. The number of pyridine rings is 2. The maximum Gasteiger partial charge on any atom is 2.00 e. The second kappa shape index (κ2) is 8.27. The molecule has 0 saturated carbocycles. The first-order valence-corrected chi connectivity index (χ1v) is 6.77. The Hall–Kier alpha value is -1.66. The molecular formula is C18H12N2O2Sr. The van der Waals surface area contributed by atoms with Crippen molar-refractivity contribution in [3.63, 3.8) is 0 Å². The number of nitrogens with zero attached hydrogens (tertiary/aromatic N) is 2. The standard InChI is InChI=1S/2C9H7NO.Sr/c2*11-8-5-1-3-7-4-2-6-10-9(7)8;/h2*1-6,11H;/q;;+2/p-2. The molecule has 0 unspecified atom stereocenters. The Morgan fingerprint density at radius 1 is 0.565 bits per heavy atom. The molecule has 5 heteroatoms. The smallest absolute Gasteiger partial charge is 0.871 e. The summed E-state index contributed by atoms with van der Waals surface area (Å²) in [7, 11) is 0. The second-order valence-corrected chi connectivity index (χ2v) is 4.66. The van der Waals surface area contributed by atoms with E-state index >= 15 is 0 Å². The number of rotatable bonds is 0. The summed E-state index contributed by atoms with van der Waals surface area (Å²) in [6.07, 6.45) is 3.26. The van der Waals surface area contributed by atoms with Gasteiger partial charge in [-0.25, -0.2) is 0 Å². The van der Waals surface area contributed by atoms with Crippen LogP contribution in [-0.2, 0) is 0 Å². The average Bonchev–Trinajstić information content (AvgIpc) is 2.57. The molecule has 0 N–H and O–H groups in total. The van der Waals surface area contributed by atoms with E-state index in [9.17, 15) is 10.2 Å². The van der Waals surface area contributed by atoms with Crippen molar-refractivity contribution in [1.29, 1.82) is 0 Å². The molecule has 0 spiro atoms. The Balaban J connectivity index is 0.000000160. The van der Waals surface area contributed by atoms with Crippen LogP contribution in [0.15, 0.2) is 73.1 Å². The molecule has 4 aromatic rings. The SMILES string of the molecule is [O-]c1cccc2cccnc12.[O-]c1cccc2cccnc12.[Sr+2]. The van der Waals surface area contributed by atoms with Crippen molar-refractivity contribution in [3.05, 3.63) is 73.1 Å². The summed E-state index contributed by atoms with van der Waals surface area (Å²) in [4.78, 5) is 7.94. The molecule has 0 radical (unpaired) electrons. The van der Waals surface area contributed by atoms with Crippen LogP contribution >= 0.6 is 0 Å². The van der Waals surface area contributed by atoms with Crippen LogP contribution in [0.25, 0.3) is 21.8 Å². The van der Waals surface area contributed by atoms with E-state index < -0.39 is 0 Å². The van der Waals surface area contributed by atoms with Gasteiger partial charge < -0.3 is 10.2 Å². The van der Waals surface area contributed by atoms with Gasteiger partial charge in [0.05, 0.1) is 11.0 Å². The number of hydrogen-bond acceptors (Lipinski definition) is 4. The number of aromatic nitrogens is 2. The van der Waals surface area contributed by atoms with Crippen molar-refractivity contribution < 1.29 is 10.2 Å². The minimum absolute atomic E-state index is 0. The number of fused-ring (bicyclic) bond motifs is 2. The molecule has 0 aliphatic rings. The normalized spacial score (nSPS) is 9.74. The fourth-order valence-electron chi connectivity index (χ4n) is 2.15. The third-order valence-corrected chi connectivity index (χ3v) is 3.19. The van der Waals surface area contributed by atoms with E-state index in [0.29, 0.717) is 11.0 Å². The fraction of sp³-hybridized carbons (Fsp3) is 0. The summed E-state index contributed by atoms with van der Waals surface area (Å²) in [6, 6.07) is 17.7. The van der Waals surface area contributed by atoms with Gasteiger partial charge in [-0.3, -0.25) is 9.97 Å². The quantitative estimate of drug-likeness (QED) is 0.442. The van der Waals surface area contributed by atoms with Crippen molar-refractivity contribution in [2.24, 2.45) is 0 Å². The zero-order valence-electron chi connectivity index (χ0n) is 12.3.